The summed E-state index contributed by atoms with van der Waals surface area (Å²) in [6.07, 6.45) is 1.17. The Kier molecular flexibility index (Phi) is 4.83. The van der Waals surface area contributed by atoms with Crippen molar-refractivity contribution in [1.82, 2.24) is 5.32 Å². The van der Waals surface area contributed by atoms with Crippen molar-refractivity contribution >= 4 is 41.2 Å². The highest BCUT2D eigenvalue weighted by Crippen LogP contribution is 2.37. The van der Waals surface area contributed by atoms with Gasteiger partial charge in [-0.1, -0.05) is 35.3 Å². The topological polar surface area (TPSA) is 87.7 Å². The summed E-state index contributed by atoms with van der Waals surface area (Å²) in [6, 6.07) is 9.26. The molecule has 2 aromatic carbocycles. The molecule has 0 aromatic heterocycles. The standard InChI is InChI=1S/C17H11Cl2NO5/c18-11-4-2-1-3-10(11)16(21)20-13(17(22)23)5-9-6-14-15(7-12(9)19)25-8-24-14/h1-7H,8H2,(H,20,21)(H,22,23)/p-1/b13-5+. The van der Waals surface area contributed by atoms with Crippen LogP contribution >= 0.6 is 23.2 Å². The summed E-state index contributed by atoms with van der Waals surface area (Å²) < 4.78 is 10.4. The van der Waals surface area contributed by atoms with Crippen molar-refractivity contribution in [2.75, 3.05) is 6.79 Å². The van der Waals surface area contributed by atoms with E-state index in [0.29, 0.717) is 17.1 Å². The number of nitrogens with one attached hydrogen (secondary N) is 1. The lowest BCUT2D eigenvalue weighted by atomic mass is 10.1. The number of hydrogen-bond acceptors (Lipinski definition) is 5. The van der Waals surface area contributed by atoms with Crippen LogP contribution in [0.5, 0.6) is 11.5 Å². The molecular formula is C17H10Cl2NO5-. The van der Waals surface area contributed by atoms with E-state index in [-0.39, 0.29) is 22.4 Å². The molecule has 0 fully saturated rings. The Balaban J connectivity index is 1.92. The Labute approximate surface area is 152 Å². The SMILES string of the molecule is O=C([O-])/C(=C\c1cc2c(cc1Cl)OCO2)NC(=O)c1ccccc1Cl. The minimum Gasteiger partial charge on any atom is -0.543 e. The molecule has 0 radical (unpaired) electrons. The van der Waals surface area contributed by atoms with Gasteiger partial charge in [0.1, 0.15) is 0 Å². The maximum Gasteiger partial charge on any atom is 0.257 e. The van der Waals surface area contributed by atoms with Gasteiger partial charge in [0, 0.05) is 6.07 Å². The monoisotopic (exact) mass is 378 g/mol. The number of carbonyl (C=O) groups excluding carboxylic acids is 2. The molecule has 0 bridgehead atoms. The molecule has 6 nitrogen and oxygen atoms in total. The number of rotatable bonds is 4. The number of fused-ring (bicyclic) bond motifs is 1. The van der Waals surface area contributed by atoms with Crippen molar-refractivity contribution in [2.24, 2.45) is 0 Å². The molecule has 0 aliphatic carbocycles. The van der Waals surface area contributed by atoms with Gasteiger partial charge in [-0.25, -0.2) is 0 Å². The van der Waals surface area contributed by atoms with Crippen LogP contribution in [0, 0.1) is 0 Å². The third-order valence-corrected chi connectivity index (χ3v) is 4.04. The molecule has 0 atom stereocenters. The van der Waals surface area contributed by atoms with Crippen LogP contribution in [0.4, 0.5) is 0 Å². The van der Waals surface area contributed by atoms with Gasteiger partial charge in [0.25, 0.3) is 5.91 Å². The molecule has 1 aliphatic heterocycles. The fraction of sp³-hybridized carbons (Fsp3) is 0.0588. The van der Waals surface area contributed by atoms with Gasteiger partial charge < -0.3 is 24.7 Å². The van der Waals surface area contributed by atoms with Gasteiger partial charge in [-0.05, 0) is 29.8 Å². The summed E-state index contributed by atoms with van der Waals surface area (Å²) in [7, 11) is 0. The third-order valence-electron chi connectivity index (χ3n) is 3.38. The van der Waals surface area contributed by atoms with Crippen LogP contribution in [0.3, 0.4) is 0 Å². The van der Waals surface area contributed by atoms with Gasteiger partial charge in [-0.3, -0.25) is 4.79 Å². The lowest BCUT2D eigenvalue weighted by Crippen LogP contribution is -2.35. The normalized spacial score (nSPS) is 12.8. The predicted molar refractivity (Wildman–Crippen MR) is 89.5 cm³/mol. The number of hydrogen-bond donors (Lipinski definition) is 1. The first-order chi connectivity index (χ1) is 12.0. The first kappa shape index (κ1) is 17.1. The van der Waals surface area contributed by atoms with Crippen LogP contribution in [-0.4, -0.2) is 18.7 Å². The third kappa shape index (κ3) is 3.70. The fourth-order valence-corrected chi connectivity index (χ4v) is 2.61. The van der Waals surface area contributed by atoms with Crippen molar-refractivity contribution in [2.45, 2.75) is 0 Å². The number of benzene rings is 2. The summed E-state index contributed by atoms with van der Waals surface area (Å²) in [5, 5.41) is 14.1. The second-order valence-electron chi connectivity index (χ2n) is 5.01. The average Bonchev–Trinajstić information content (AvgIpc) is 3.01. The van der Waals surface area contributed by atoms with E-state index in [1.54, 1.807) is 12.1 Å². The summed E-state index contributed by atoms with van der Waals surface area (Å²) in [5.41, 5.74) is -0.0108. The second kappa shape index (κ2) is 7.04. The van der Waals surface area contributed by atoms with E-state index in [1.807, 2.05) is 0 Å². The number of halogens is 2. The molecule has 1 amide bonds. The van der Waals surface area contributed by atoms with Crippen LogP contribution in [0.2, 0.25) is 10.0 Å². The lowest BCUT2D eigenvalue weighted by molar-refractivity contribution is -0.299. The Morgan fingerprint density at radius 2 is 1.76 bits per heavy atom. The van der Waals surface area contributed by atoms with Crippen molar-refractivity contribution in [3.05, 3.63) is 63.3 Å². The lowest BCUT2D eigenvalue weighted by Gasteiger charge is -2.12. The fourth-order valence-electron chi connectivity index (χ4n) is 2.18. The van der Waals surface area contributed by atoms with Crippen molar-refractivity contribution in [3.8, 4) is 11.5 Å². The van der Waals surface area contributed by atoms with E-state index in [2.05, 4.69) is 5.32 Å². The molecule has 1 heterocycles. The largest absolute Gasteiger partial charge is 0.543 e. The van der Waals surface area contributed by atoms with Gasteiger partial charge in [-0.15, -0.1) is 0 Å². The number of carboxylic acid groups (broad SMARTS) is 1. The molecular weight excluding hydrogens is 369 g/mol. The van der Waals surface area contributed by atoms with Crippen LogP contribution in [0.1, 0.15) is 15.9 Å². The highest BCUT2D eigenvalue weighted by atomic mass is 35.5. The van der Waals surface area contributed by atoms with E-state index >= 15 is 0 Å². The maximum absolute atomic E-state index is 12.2. The molecule has 0 spiro atoms. The van der Waals surface area contributed by atoms with Crippen LogP contribution in [-0.2, 0) is 4.79 Å². The summed E-state index contributed by atoms with van der Waals surface area (Å²) in [5.74, 6) is -1.38. The molecule has 1 aliphatic rings. The minimum absolute atomic E-state index is 0.0510. The minimum atomic E-state index is -1.57. The van der Waals surface area contributed by atoms with E-state index in [0.717, 1.165) is 0 Å². The van der Waals surface area contributed by atoms with Crippen molar-refractivity contribution in [3.63, 3.8) is 0 Å². The molecule has 0 saturated carbocycles. The summed E-state index contributed by atoms with van der Waals surface area (Å²) in [4.78, 5) is 23.6. The van der Waals surface area contributed by atoms with E-state index in [4.69, 9.17) is 32.7 Å². The van der Waals surface area contributed by atoms with Crippen LogP contribution in [0.25, 0.3) is 6.08 Å². The van der Waals surface area contributed by atoms with E-state index in [9.17, 15) is 14.7 Å². The highest BCUT2D eigenvalue weighted by Gasteiger charge is 2.17. The second-order valence-corrected chi connectivity index (χ2v) is 5.82. The predicted octanol–water partition coefficient (Wildman–Crippen LogP) is 2.24. The first-order valence-electron chi connectivity index (χ1n) is 7.04. The zero-order valence-corrected chi connectivity index (χ0v) is 14.1. The zero-order valence-electron chi connectivity index (χ0n) is 12.5. The molecule has 8 heteroatoms. The number of amides is 1. The van der Waals surface area contributed by atoms with Gasteiger partial charge in [0.15, 0.2) is 11.5 Å². The number of carboxylic acids is 1. The highest BCUT2D eigenvalue weighted by molar-refractivity contribution is 6.34. The molecule has 3 rings (SSSR count). The molecule has 128 valence electrons. The summed E-state index contributed by atoms with van der Waals surface area (Å²) in [6.45, 7) is 0.0510. The smallest absolute Gasteiger partial charge is 0.257 e. The van der Waals surface area contributed by atoms with Crippen molar-refractivity contribution in [1.29, 1.82) is 0 Å². The number of aliphatic carboxylic acids is 1. The Hall–Kier alpha value is -2.70. The Morgan fingerprint density at radius 3 is 2.44 bits per heavy atom. The van der Waals surface area contributed by atoms with Gasteiger partial charge >= 0.3 is 0 Å². The average molecular weight is 379 g/mol. The summed E-state index contributed by atoms with van der Waals surface area (Å²) >= 11 is 12.0. The molecule has 0 saturated heterocycles. The molecule has 25 heavy (non-hydrogen) atoms. The number of carbonyl (C=O) groups is 2. The van der Waals surface area contributed by atoms with Crippen molar-refractivity contribution < 1.29 is 24.2 Å². The quantitative estimate of drug-likeness (QED) is 0.824. The molecule has 0 unspecified atom stereocenters. The zero-order chi connectivity index (χ0) is 18.0. The van der Waals surface area contributed by atoms with Gasteiger partial charge in [0.2, 0.25) is 6.79 Å². The molecule has 2 aromatic rings. The first-order valence-corrected chi connectivity index (χ1v) is 7.79. The molecule has 1 N–H and O–H groups in total. The maximum atomic E-state index is 12.2. The van der Waals surface area contributed by atoms with Crippen LogP contribution < -0.4 is 19.9 Å². The van der Waals surface area contributed by atoms with E-state index < -0.39 is 17.6 Å². The Bertz CT molecular complexity index is 895. The van der Waals surface area contributed by atoms with E-state index in [1.165, 1.54) is 30.3 Å². The van der Waals surface area contributed by atoms with Gasteiger partial charge in [0.05, 0.1) is 27.3 Å². The Morgan fingerprint density at radius 1 is 1.08 bits per heavy atom. The number of ether oxygens (including phenoxy) is 2. The van der Waals surface area contributed by atoms with Gasteiger partial charge in [-0.2, -0.15) is 0 Å². The van der Waals surface area contributed by atoms with Crippen LogP contribution in [0.15, 0.2) is 42.1 Å².